The van der Waals surface area contributed by atoms with Crippen LogP contribution in [0.25, 0.3) is 22.4 Å². The molecule has 3 heterocycles. The minimum absolute atomic E-state index is 0.673. The molecule has 0 aliphatic heterocycles. The lowest BCUT2D eigenvalue weighted by Gasteiger charge is -2.00. The van der Waals surface area contributed by atoms with Crippen LogP contribution in [0.4, 0.5) is 0 Å². The van der Waals surface area contributed by atoms with Gasteiger partial charge < -0.3 is 0 Å². The van der Waals surface area contributed by atoms with E-state index in [0.29, 0.717) is 5.65 Å². The van der Waals surface area contributed by atoms with Crippen LogP contribution < -0.4 is 0 Å². The van der Waals surface area contributed by atoms with Gasteiger partial charge >= 0.3 is 0 Å². The zero-order chi connectivity index (χ0) is 11.8. The van der Waals surface area contributed by atoms with Crippen molar-refractivity contribution in [3.63, 3.8) is 0 Å². The van der Waals surface area contributed by atoms with E-state index in [0.717, 1.165) is 22.5 Å². The molecule has 0 saturated carbocycles. The Morgan fingerprint density at radius 2 is 2.00 bits per heavy atom. The zero-order valence-corrected chi connectivity index (χ0v) is 9.62. The molecule has 0 spiro atoms. The van der Waals surface area contributed by atoms with E-state index in [1.807, 2.05) is 32.3 Å². The summed E-state index contributed by atoms with van der Waals surface area (Å²) in [7, 11) is 1.88. The highest BCUT2D eigenvalue weighted by molar-refractivity contribution is 5.73. The molecule has 0 unspecified atom stereocenters. The summed E-state index contributed by atoms with van der Waals surface area (Å²) in [4.78, 5) is 13.2. The molecule has 17 heavy (non-hydrogen) atoms. The molecule has 0 amide bonds. The first-order valence-corrected chi connectivity index (χ1v) is 5.32. The number of aromatic nitrogens is 5. The van der Waals surface area contributed by atoms with Crippen LogP contribution in [-0.2, 0) is 7.05 Å². The molecular formula is C12H11N5. The summed E-state index contributed by atoms with van der Waals surface area (Å²) in [5, 5.41) is 4.12. The smallest absolute Gasteiger partial charge is 0.178 e. The van der Waals surface area contributed by atoms with E-state index in [2.05, 4.69) is 20.1 Å². The van der Waals surface area contributed by atoms with Crippen LogP contribution in [0.1, 0.15) is 5.69 Å². The van der Waals surface area contributed by atoms with Crippen molar-refractivity contribution >= 4 is 11.2 Å². The number of fused-ring (bicyclic) bond motifs is 1. The van der Waals surface area contributed by atoms with E-state index in [1.54, 1.807) is 17.1 Å². The van der Waals surface area contributed by atoms with Gasteiger partial charge in [-0.05, 0) is 19.1 Å². The Morgan fingerprint density at radius 1 is 1.12 bits per heavy atom. The van der Waals surface area contributed by atoms with Gasteiger partial charge in [0.25, 0.3) is 0 Å². The average molecular weight is 225 g/mol. The molecule has 0 N–H and O–H groups in total. The van der Waals surface area contributed by atoms with Crippen LogP contribution in [0.5, 0.6) is 0 Å². The predicted octanol–water partition coefficient (Wildman–Crippen LogP) is 1.73. The van der Waals surface area contributed by atoms with Gasteiger partial charge in [-0.1, -0.05) is 0 Å². The van der Waals surface area contributed by atoms with Crippen molar-refractivity contribution in [3.8, 4) is 11.3 Å². The van der Waals surface area contributed by atoms with Gasteiger partial charge in [-0.2, -0.15) is 5.10 Å². The molecule has 0 aromatic carbocycles. The minimum Gasteiger partial charge on any atom is -0.275 e. The van der Waals surface area contributed by atoms with Gasteiger partial charge in [0, 0.05) is 24.5 Å². The fraction of sp³-hybridized carbons (Fsp3) is 0.167. The van der Waals surface area contributed by atoms with Gasteiger partial charge in [0.1, 0.15) is 5.52 Å². The van der Waals surface area contributed by atoms with Crippen LogP contribution in [-0.4, -0.2) is 24.7 Å². The highest BCUT2D eigenvalue weighted by Crippen LogP contribution is 2.17. The lowest BCUT2D eigenvalue weighted by Crippen LogP contribution is -1.92. The second kappa shape index (κ2) is 3.62. The van der Waals surface area contributed by atoms with Gasteiger partial charge in [0.15, 0.2) is 5.65 Å². The van der Waals surface area contributed by atoms with Crippen molar-refractivity contribution in [2.24, 2.45) is 7.05 Å². The predicted molar refractivity (Wildman–Crippen MR) is 64.3 cm³/mol. The number of pyridine rings is 1. The minimum atomic E-state index is 0.673. The standard InChI is InChI=1S/C12H11N5/c1-8-3-4-10-12(15-8)16-11(6-13-10)9-5-14-17(2)7-9/h3-7H,1-2H3. The van der Waals surface area contributed by atoms with Crippen molar-refractivity contribution in [2.45, 2.75) is 6.92 Å². The molecule has 0 fully saturated rings. The van der Waals surface area contributed by atoms with Crippen LogP contribution in [0.15, 0.2) is 30.7 Å². The highest BCUT2D eigenvalue weighted by Gasteiger charge is 2.05. The lowest BCUT2D eigenvalue weighted by atomic mass is 10.2. The third kappa shape index (κ3) is 1.75. The van der Waals surface area contributed by atoms with Crippen LogP contribution in [0.2, 0.25) is 0 Å². The molecule has 84 valence electrons. The lowest BCUT2D eigenvalue weighted by molar-refractivity contribution is 0.768. The van der Waals surface area contributed by atoms with E-state index in [9.17, 15) is 0 Å². The maximum absolute atomic E-state index is 4.49. The molecule has 5 heteroatoms. The van der Waals surface area contributed by atoms with E-state index in [4.69, 9.17) is 0 Å². The zero-order valence-electron chi connectivity index (χ0n) is 9.62. The molecule has 5 nitrogen and oxygen atoms in total. The summed E-state index contributed by atoms with van der Waals surface area (Å²) in [6, 6.07) is 3.86. The summed E-state index contributed by atoms with van der Waals surface area (Å²) in [6.45, 7) is 1.94. The van der Waals surface area contributed by atoms with E-state index in [-0.39, 0.29) is 0 Å². The molecule has 3 aromatic rings. The summed E-state index contributed by atoms with van der Waals surface area (Å²) in [6.07, 6.45) is 5.42. The first kappa shape index (κ1) is 9.89. The third-order valence-corrected chi connectivity index (χ3v) is 2.55. The fourth-order valence-electron chi connectivity index (χ4n) is 1.68. The van der Waals surface area contributed by atoms with Gasteiger partial charge in [-0.15, -0.1) is 0 Å². The van der Waals surface area contributed by atoms with Crippen molar-refractivity contribution in [1.29, 1.82) is 0 Å². The van der Waals surface area contributed by atoms with Crippen molar-refractivity contribution in [2.75, 3.05) is 0 Å². The second-order valence-electron chi connectivity index (χ2n) is 3.95. The van der Waals surface area contributed by atoms with Crippen LogP contribution >= 0.6 is 0 Å². The second-order valence-corrected chi connectivity index (χ2v) is 3.95. The monoisotopic (exact) mass is 225 g/mol. The van der Waals surface area contributed by atoms with Crippen LogP contribution in [0, 0.1) is 6.92 Å². The maximum Gasteiger partial charge on any atom is 0.178 e. The van der Waals surface area contributed by atoms with Gasteiger partial charge in [0.2, 0.25) is 0 Å². The topological polar surface area (TPSA) is 56.5 Å². The first-order chi connectivity index (χ1) is 8.22. The van der Waals surface area contributed by atoms with Crippen molar-refractivity contribution < 1.29 is 0 Å². The van der Waals surface area contributed by atoms with E-state index < -0.39 is 0 Å². The summed E-state index contributed by atoms with van der Waals surface area (Å²) in [5.74, 6) is 0. The Bertz CT molecular complexity index is 686. The van der Waals surface area contributed by atoms with E-state index in [1.165, 1.54) is 0 Å². The molecular weight excluding hydrogens is 214 g/mol. The molecule has 0 radical (unpaired) electrons. The van der Waals surface area contributed by atoms with Gasteiger partial charge in [-0.3, -0.25) is 9.67 Å². The molecule has 0 saturated heterocycles. The highest BCUT2D eigenvalue weighted by atomic mass is 15.2. The molecule has 3 rings (SSSR count). The Hall–Kier alpha value is -2.30. The molecule has 0 aliphatic rings. The number of aryl methyl sites for hydroxylation is 2. The number of hydrogen-bond donors (Lipinski definition) is 0. The average Bonchev–Trinajstić information content (AvgIpc) is 2.75. The SMILES string of the molecule is Cc1ccc2ncc(-c3cnn(C)c3)nc2n1. The molecule has 0 bridgehead atoms. The van der Waals surface area contributed by atoms with Crippen molar-refractivity contribution in [1.82, 2.24) is 24.7 Å². The largest absolute Gasteiger partial charge is 0.275 e. The third-order valence-electron chi connectivity index (χ3n) is 2.55. The Labute approximate surface area is 98.2 Å². The van der Waals surface area contributed by atoms with Crippen molar-refractivity contribution in [3.05, 3.63) is 36.4 Å². The van der Waals surface area contributed by atoms with E-state index >= 15 is 0 Å². The normalized spacial score (nSPS) is 10.9. The quantitative estimate of drug-likeness (QED) is 0.633. The molecule has 0 aliphatic carbocycles. The van der Waals surface area contributed by atoms with Crippen LogP contribution in [0.3, 0.4) is 0 Å². The van der Waals surface area contributed by atoms with Gasteiger partial charge in [-0.25, -0.2) is 9.97 Å². The number of hydrogen-bond acceptors (Lipinski definition) is 4. The molecule has 3 aromatic heterocycles. The fourth-order valence-corrected chi connectivity index (χ4v) is 1.68. The first-order valence-electron chi connectivity index (χ1n) is 5.32. The summed E-state index contributed by atoms with van der Waals surface area (Å²) < 4.78 is 1.74. The number of rotatable bonds is 1. The summed E-state index contributed by atoms with van der Waals surface area (Å²) >= 11 is 0. The summed E-state index contributed by atoms with van der Waals surface area (Å²) in [5.41, 5.74) is 4.17. The Morgan fingerprint density at radius 3 is 2.76 bits per heavy atom. The Kier molecular flexibility index (Phi) is 2.11. The van der Waals surface area contributed by atoms with Gasteiger partial charge in [0.05, 0.1) is 18.1 Å². The molecule has 0 atom stereocenters. The Balaban J connectivity index is 2.18. The number of nitrogens with zero attached hydrogens (tertiary/aromatic N) is 5. The maximum atomic E-state index is 4.49.